The molecule has 0 aromatic heterocycles. The zero-order chi connectivity index (χ0) is 17.0. The Balaban J connectivity index is 2.68. The highest BCUT2D eigenvalue weighted by Gasteiger charge is 2.31. The molecule has 1 aliphatic rings. The highest BCUT2D eigenvalue weighted by molar-refractivity contribution is 7.86. The van der Waals surface area contributed by atoms with Crippen LogP contribution in [0.1, 0.15) is 27.2 Å². The van der Waals surface area contributed by atoms with Gasteiger partial charge in [0, 0.05) is 39.8 Å². The minimum atomic E-state index is -3.60. The van der Waals surface area contributed by atoms with Crippen molar-refractivity contribution in [3.8, 4) is 0 Å². The number of nitrogens with zero attached hydrogens (tertiary/aromatic N) is 3. The van der Waals surface area contributed by atoms with Crippen molar-refractivity contribution in [3.63, 3.8) is 0 Å². The summed E-state index contributed by atoms with van der Waals surface area (Å²) in [5.41, 5.74) is -0.573. The number of aliphatic hydroxyl groups is 1. The topological polar surface area (TPSA) is 90.4 Å². The Hall–Kier alpha value is -0.900. The summed E-state index contributed by atoms with van der Waals surface area (Å²) in [7, 11) is -2.17. The van der Waals surface area contributed by atoms with Crippen LogP contribution in [0.4, 0.5) is 4.79 Å². The van der Waals surface area contributed by atoms with Crippen molar-refractivity contribution in [3.05, 3.63) is 0 Å². The molecule has 0 spiro atoms. The van der Waals surface area contributed by atoms with Gasteiger partial charge in [0.2, 0.25) is 0 Å². The van der Waals surface area contributed by atoms with Gasteiger partial charge >= 0.3 is 6.09 Å². The highest BCUT2D eigenvalue weighted by Crippen LogP contribution is 2.14. The molecule has 0 radical (unpaired) electrons. The highest BCUT2D eigenvalue weighted by atomic mass is 32.2. The summed E-state index contributed by atoms with van der Waals surface area (Å²) in [6, 6.07) is 0. The van der Waals surface area contributed by atoms with Crippen molar-refractivity contribution in [2.24, 2.45) is 0 Å². The first-order chi connectivity index (χ1) is 10.1. The Labute approximate surface area is 132 Å². The average molecular weight is 337 g/mol. The number of aliphatic hydroxyl groups excluding tert-OH is 1. The van der Waals surface area contributed by atoms with Crippen molar-refractivity contribution >= 4 is 16.3 Å². The van der Waals surface area contributed by atoms with Gasteiger partial charge in [0.15, 0.2) is 0 Å². The van der Waals surface area contributed by atoms with Gasteiger partial charge in [-0.1, -0.05) is 0 Å². The van der Waals surface area contributed by atoms with Crippen LogP contribution in [0.3, 0.4) is 0 Å². The summed E-state index contributed by atoms with van der Waals surface area (Å²) in [6.07, 6.45) is 0.126. The van der Waals surface area contributed by atoms with Crippen molar-refractivity contribution in [2.75, 3.05) is 46.4 Å². The van der Waals surface area contributed by atoms with E-state index in [1.165, 1.54) is 16.3 Å². The molecule has 22 heavy (non-hydrogen) atoms. The molecule has 1 aliphatic heterocycles. The van der Waals surface area contributed by atoms with E-state index in [9.17, 15) is 13.2 Å². The van der Waals surface area contributed by atoms with Gasteiger partial charge in [-0.3, -0.25) is 0 Å². The summed E-state index contributed by atoms with van der Waals surface area (Å²) < 4.78 is 32.5. The predicted octanol–water partition coefficient (Wildman–Crippen LogP) is 0.0981. The largest absolute Gasteiger partial charge is 0.444 e. The molecule has 0 aromatic carbocycles. The Kier molecular flexibility index (Phi) is 6.60. The van der Waals surface area contributed by atoms with Crippen LogP contribution in [0.2, 0.25) is 0 Å². The summed E-state index contributed by atoms with van der Waals surface area (Å²) in [5.74, 6) is 0. The molecule has 1 heterocycles. The van der Waals surface area contributed by atoms with Crippen LogP contribution in [-0.2, 0) is 14.9 Å². The number of amides is 1. The molecule has 1 saturated heterocycles. The van der Waals surface area contributed by atoms with Crippen LogP contribution in [0.15, 0.2) is 0 Å². The first-order valence-electron chi connectivity index (χ1n) is 7.38. The lowest BCUT2D eigenvalue weighted by atomic mass is 10.2. The standard InChI is InChI=1S/C13H27N3O5S/c1-13(2,3)21-12(18)15-6-5-7-16(9-8-15)22(19,20)14(4)10-11-17/h17H,5-11H2,1-4H3. The molecule has 1 N–H and O–H groups in total. The third-order valence-electron chi connectivity index (χ3n) is 3.24. The number of likely N-dealkylation sites (N-methyl/N-ethyl adjacent to an activating group) is 1. The van der Waals surface area contributed by atoms with Gasteiger partial charge in [0.25, 0.3) is 10.2 Å². The minimum Gasteiger partial charge on any atom is -0.444 e. The fourth-order valence-electron chi connectivity index (χ4n) is 2.09. The van der Waals surface area contributed by atoms with E-state index in [-0.39, 0.29) is 19.7 Å². The zero-order valence-corrected chi connectivity index (χ0v) is 14.6. The SMILES string of the molecule is CN(CCO)S(=O)(=O)N1CCCN(C(=O)OC(C)(C)C)CC1. The van der Waals surface area contributed by atoms with Gasteiger partial charge < -0.3 is 14.7 Å². The van der Waals surface area contributed by atoms with Crippen LogP contribution in [0.25, 0.3) is 0 Å². The van der Waals surface area contributed by atoms with E-state index in [0.717, 1.165) is 4.31 Å². The third kappa shape index (κ3) is 5.38. The Morgan fingerprint density at radius 1 is 1.23 bits per heavy atom. The molecule has 0 atom stereocenters. The maximum absolute atomic E-state index is 12.3. The molecular weight excluding hydrogens is 310 g/mol. The minimum absolute atomic E-state index is 0.0502. The fraction of sp³-hybridized carbons (Fsp3) is 0.923. The quantitative estimate of drug-likeness (QED) is 0.786. The van der Waals surface area contributed by atoms with Crippen LogP contribution >= 0.6 is 0 Å². The van der Waals surface area contributed by atoms with E-state index in [4.69, 9.17) is 9.84 Å². The molecule has 0 bridgehead atoms. The molecule has 0 unspecified atom stereocenters. The van der Waals surface area contributed by atoms with E-state index < -0.39 is 21.9 Å². The van der Waals surface area contributed by atoms with Crippen LogP contribution in [-0.4, -0.2) is 85.1 Å². The molecule has 9 heteroatoms. The van der Waals surface area contributed by atoms with E-state index in [2.05, 4.69) is 0 Å². The van der Waals surface area contributed by atoms with Gasteiger partial charge in [-0.05, 0) is 27.2 Å². The lowest BCUT2D eigenvalue weighted by molar-refractivity contribution is 0.0260. The van der Waals surface area contributed by atoms with Crippen LogP contribution in [0, 0.1) is 0 Å². The van der Waals surface area contributed by atoms with Gasteiger partial charge in [0.1, 0.15) is 5.60 Å². The average Bonchev–Trinajstić information content (AvgIpc) is 2.63. The van der Waals surface area contributed by atoms with Gasteiger partial charge in [0.05, 0.1) is 6.61 Å². The molecule has 0 aromatic rings. The number of carbonyl (C=O) groups excluding carboxylic acids is 1. The monoisotopic (exact) mass is 337 g/mol. The van der Waals surface area contributed by atoms with Crippen LogP contribution < -0.4 is 0 Å². The third-order valence-corrected chi connectivity index (χ3v) is 5.23. The number of carbonyl (C=O) groups is 1. The zero-order valence-electron chi connectivity index (χ0n) is 13.8. The summed E-state index contributed by atoms with van der Waals surface area (Å²) in [5, 5.41) is 8.88. The lowest BCUT2D eigenvalue weighted by Gasteiger charge is -2.27. The second-order valence-corrected chi connectivity index (χ2v) is 8.31. The number of hydrogen-bond acceptors (Lipinski definition) is 5. The number of ether oxygens (including phenoxy) is 1. The smallest absolute Gasteiger partial charge is 0.410 e. The Morgan fingerprint density at radius 2 is 1.86 bits per heavy atom. The maximum Gasteiger partial charge on any atom is 0.410 e. The molecule has 1 fully saturated rings. The van der Waals surface area contributed by atoms with E-state index in [1.54, 1.807) is 20.8 Å². The van der Waals surface area contributed by atoms with E-state index in [0.29, 0.717) is 26.1 Å². The van der Waals surface area contributed by atoms with Crippen molar-refractivity contribution in [2.45, 2.75) is 32.8 Å². The predicted molar refractivity (Wildman–Crippen MR) is 82.6 cm³/mol. The normalized spacial score (nSPS) is 18.4. The molecule has 8 nitrogen and oxygen atoms in total. The molecular formula is C13H27N3O5S. The van der Waals surface area contributed by atoms with E-state index >= 15 is 0 Å². The maximum atomic E-state index is 12.3. The van der Waals surface area contributed by atoms with Gasteiger partial charge in [-0.15, -0.1) is 0 Å². The molecule has 1 rings (SSSR count). The van der Waals surface area contributed by atoms with E-state index in [1.807, 2.05) is 0 Å². The first-order valence-corrected chi connectivity index (χ1v) is 8.78. The van der Waals surface area contributed by atoms with Crippen molar-refractivity contribution < 1.29 is 23.1 Å². The molecule has 0 aliphatic carbocycles. The number of rotatable bonds is 4. The Morgan fingerprint density at radius 3 is 2.41 bits per heavy atom. The number of hydrogen-bond donors (Lipinski definition) is 1. The summed E-state index contributed by atoms with van der Waals surface area (Å²) in [4.78, 5) is 13.6. The molecule has 1 amide bonds. The van der Waals surface area contributed by atoms with Gasteiger partial charge in [-0.2, -0.15) is 17.0 Å². The van der Waals surface area contributed by atoms with Crippen molar-refractivity contribution in [1.29, 1.82) is 0 Å². The summed E-state index contributed by atoms with van der Waals surface area (Å²) >= 11 is 0. The van der Waals surface area contributed by atoms with Crippen LogP contribution in [0.5, 0.6) is 0 Å². The van der Waals surface area contributed by atoms with Crippen molar-refractivity contribution in [1.82, 2.24) is 13.5 Å². The van der Waals surface area contributed by atoms with Gasteiger partial charge in [-0.25, -0.2) is 4.79 Å². The second-order valence-electron chi connectivity index (χ2n) is 6.27. The lowest BCUT2D eigenvalue weighted by Crippen LogP contribution is -2.45. The molecule has 130 valence electrons. The fourth-order valence-corrected chi connectivity index (χ4v) is 3.47. The molecule has 0 saturated carbocycles. The summed E-state index contributed by atoms with van der Waals surface area (Å²) in [6.45, 7) is 6.53. The Bertz CT molecular complexity index is 475. The first kappa shape index (κ1) is 19.1. The second kappa shape index (κ2) is 7.58.